The van der Waals surface area contributed by atoms with Gasteiger partial charge in [0.15, 0.2) is 0 Å². The van der Waals surface area contributed by atoms with Gasteiger partial charge in [-0.3, -0.25) is 5.32 Å². The molecule has 0 aliphatic rings. The summed E-state index contributed by atoms with van der Waals surface area (Å²) in [5, 5.41) is 6.36. The zero-order chi connectivity index (χ0) is 10.1. The molecule has 3 N–H and O–H groups in total. The van der Waals surface area contributed by atoms with Gasteiger partial charge in [-0.05, 0) is 20.8 Å². The molecule has 2 amide bonds. The molecule has 1 aromatic rings. The van der Waals surface area contributed by atoms with Gasteiger partial charge in [-0.2, -0.15) is 10.1 Å². The van der Waals surface area contributed by atoms with Crippen LogP contribution < -0.4 is 11.1 Å². The Hall–Kier alpha value is -1.59. The van der Waals surface area contributed by atoms with E-state index in [1.54, 1.807) is 4.68 Å². The quantitative estimate of drug-likeness (QED) is 0.665. The number of rotatable bonds is 1. The highest BCUT2D eigenvalue weighted by atomic mass is 16.2. The molecule has 1 heterocycles. The number of nitrogens with zero attached hydrogens (tertiary/aromatic N) is 3. The highest BCUT2D eigenvalue weighted by molar-refractivity contribution is 5.85. The Kier molecular flexibility index (Phi) is 2.22. The molecular formula is C7H13N5O. The fourth-order valence-electron chi connectivity index (χ4n) is 0.928. The summed E-state index contributed by atoms with van der Waals surface area (Å²) in [5.41, 5.74) is 4.74. The van der Waals surface area contributed by atoms with Crippen molar-refractivity contribution in [1.82, 2.24) is 14.8 Å². The fourth-order valence-corrected chi connectivity index (χ4v) is 0.928. The normalized spacial score (nSPS) is 11.3. The SMILES string of the molecule is CC(C)(C)n1ncnc1NC(N)=O. The van der Waals surface area contributed by atoms with Crippen molar-refractivity contribution < 1.29 is 4.79 Å². The second-order valence-electron chi connectivity index (χ2n) is 3.66. The third-order valence-electron chi connectivity index (χ3n) is 1.42. The highest BCUT2D eigenvalue weighted by Crippen LogP contribution is 2.16. The molecule has 13 heavy (non-hydrogen) atoms. The monoisotopic (exact) mass is 183 g/mol. The van der Waals surface area contributed by atoms with Crippen LogP contribution in [0.2, 0.25) is 0 Å². The van der Waals surface area contributed by atoms with Crippen molar-refractivity contribution in [2.75, 3.05) is 5.32 Å². The summed E-state index contributed by atoms with van der Waals surface area (Å²) < 4.78 is 1.60. The zero-order valence-corrected chi connectivity index (χ0v) is 7.90. The Morgan fingerprint density at radius 2 is 2.23 bits per heavy atom. The topological polar surface area (TPSA) is 85.8 Å². The minimum Gasteiger partial charge on any atom is -0.351 e. The molecule has 6 nitrogen and oxygen atoms in total. The van der Waals surface area contributed by atoms with Crippen LogP contribution in [-0.4, -0.2) is 20.8 Å². The third-order valence-corrected chi connectivity index (χ3v) is 1.42. The Morgan fingerprint density at radius 1 is 1.62 bits per heavy atom. The number of carbonyl (C=O) groups excluding carboxylic acids is 1. The van der Waals surface area contributed by atoms with Gasteiger partial charge in [0.05, 0.1) is 5.54 Å². The van der Waals surface area contributed by atoms with Crippen LogP contribution in [0.3, 0.4) is 0 Å². The number of amides is 2. The van der Waals surface area contributed by atoms with Crippen molar-refractivity contribution in [3.8, 4) is 0 Å². The van der Waals surface area contributed by atoms with E-state index in [1.807, 2.05) is 20.8 Å². The summed E-state index contributed by atoms with van der Waals surface area (Å²) in [4.78, 5) is 14.4. The lowest BCUT2D eigenvalue weighted by Gasteiger charge is -2.20. The van der Waals surface area contributed by atoms with Gasteiger partial charge in [0.25, 0.3) is 0 Å². The number of aromatic nitrogens is 3. The van der Waals surface area contributed by atoms with Crippen LogP contribution in [0.1, 0.15) is 20.8 Å². The van der Waals surface area contributed by atoms with E-state index in [9.17, 15) is 4.79 Å². The van der Waals surface area contributed by atoms with Gasteiger partial charge in [-0.25, -0.2) is 9.48 Å². The molecule has 0 aliphatic heterocycles. The molecule has 0 saturated heterocycles. The summed E-state index contributed by atoms with van der Waals surface area (Å²) in [6.45, 7) is 5.86. The van der Waals surface area contributed by atoms with Crippen LogP contribution in [0.4, 0.5) is 10.7 Å². The summed E-state index contributed by atoms with van der Waals surface area (Å²) in [5.74, 6) is 0.361. The van der Waals surface area contributed by atoms with Crippen molar-refractivity contribution in [3.63, 3.8) is 0 Å². The first-order valence-corrected chi connectivity index (χ1v) is 3.88. The van der Waals surface area contributed by atoms with Crippen LogP contribution >= 0.6 is 0 Å². The van der Waals surface area contributed by atoms with E-state index in [2.05, 4.69) is 15.4 Å². The smallest absolute Gasteiger partial charge is 0.318 e. The standard InChI is InChI=1S/C7H13N5O/c1-7(2,3)12-6(9-4-10-12)11-5(8)13/h4H,1-3H3,(H3,8,9,10,11,13). The molecule has 0 bridgehead atoms. The molecule has 0 fully saturated rings. The second kappa shape index (κ2) is 3.04. The van der Waals surface area contributed by atoms with Crippen molar-refractivity contribution in [2.24, 2.45) is 5.73 Å². The maximum Gasteiger partial charge on any atom is 0.318 e. The molecule has 0 unspecified atom stereocenters. The molecule has 0 spiro atoms. The molecule has 0 radical (unpaired) electrons. The molecular weight excluding hydrogens is 170 g/mol. The van der Waals surface area contributed by atoms with E-state index in [-0.39, 0.29) is 5.54 Å². The Bertz CT molecular complexity index is 311. The largest absolute Gasteiger partial charge is 0.351 e. The number of hydrogen-bond acceptors (Lipinski definition) is 3. The molecule has 1 aromatic heterocycles. The molecule has 0 saturated carbocycles. The van der Waals surface area contributed by atoms with Gasteiger partial charge >= 0.3 is 6.03 Å². The fraction of sp³-hybridized carbons (Fsp3) is 0.571. The van der Waals surface area contributed by atoms with Crippen molar-refractivity contribution in [3.05, 3.63) is 6.33 Å². The van der Waals surface area contributed by atoms with Crippen molar-refractivity contribution >= 4 is 12.0 Å². The summed E-state index contributed by atoms with van der Waals surface area (Å²) in [6, 6.07) is -0.640. The predicted octanol–water partition coefficient (Wildman–Crippen LogP) is 0.524. The van der Waals surface area contributed by atoms with Gasteiger partial charge in [-0.15, -0.1) is 0 Å². The highest BCUT2D eigenvalue weighted by Gasteiger charge is 2.18. The molecule has 6 heteroatoms. The first-order valence-electron chi connectivity index (χ1n) is 3.88. The van der Waals surface area contributed by atoms with Crippen molar-refractivity contribution in [1.29, 1.82) is 0 Å². The van der Waals surface area contributed by atoms with Gasteiger partial charge in [0.2, 0.25) is 5.95 Å². The van der Waals surface area contributed by atoms with E-state index < -0.39 is 6.03 Å². The van der Waals surface area contributed by atoms with Crippen LogP contribution in [0.15, 0.2) is 6.33 Å². The summed E-state index contributed by atoms with van der Waals surface area (Å²) in [7, 11) is 0. The molecule has 1 rings (SSSR count). The average Bonchev–Trinajstić information content (AvgIpc) is 2.31. The van der Waals surface area contributed by atoms with Gasteiger partial charge in [0.1, 0.15) is 6.33 Å². The maximum absolute atomic E-state index is 10.6. The Morgan fingerprint density at radius 3 is 2.69 bits per heavy atom. The van der Waals surface area contributed by atoms with E-state index in [4.69, 9.17) is 5.73 Å². The molecule has 0 aliphatic carbocycles. The van der Waals surface area contributed by atoms with Crippen LogP contribution in [0.5, 0.6) is 0 Å². The molecule has 0 aromatic carbocycles. The van der Waals surface area contributed by atoms with Crippen LogP contribution in [-0.2, 0) is 5.54 Å². The second-order valence-corrected chi connectivity index (χ2v) is 3.66. The van der Waals surface area contributed by atoms with E-state index >= 15 is 0 Å². The predicted molar refractivity (Wildman–Crippen MR) is 48.2 cm³/mol. The lowest BCUT2D eigenvalue weighted by Crippen LogP contribution is -2.29. The van der Waals surface area contributed by atoms with E-state index in [1.165, 1.54) is 6.33 Å². The number of hydrogen-bond donors (Lipinski definition) is 2. The van der Waals surface area contributed by atoms with Crippen LogP contribution in [0.25, 0.3) is 0 Å². The zero-order valence-electron chi connectivity index (χ0n) is 7.90. The van der Waals surface area contributed by atoms with Gasteiger partial charge < -0.3 is 5.73 Å². The van der Waals surface area contributed by atoms with Gasteiger partial charge in [-0.1, -0.05) is 0 Å². The first-order chi connectivity index (χ1) is 5.91. The summed E-state index contributed by atoms with van der Waals surface area (Å²) >= 11 is 0. The Labute approximate surface area is 76.1 Å². The number of nitrogens with one attached hydrogen (secondary N) is 1. The van der Waals surface area contributed by atoms with Gasteiger partial charge in [0, 0.05) is 0 Å². The molecule has 72 valence electrons. The minimum absolute atomic E-state index is 0.228. The van der Waals surface area contributed by atoms with Crippen LogP contribution in [0, 0.1) is 0 Å². The number of nitrogens with two attached hydrogens (primary N) is 1. The van der Waals surface area contributed by atoms with E-state index in [0.29, 0.717) is 5.95 Å². The number of carbonyl (C=O) groups is 1. The number of primary amides is 1. The van der Waals surface area contributed by atoms with Crippen molar-refractivity contribution in [2.45, 2.75) is 26.3 Å². The first kappa shape index (κ1) is 9.50. The molecule has 0 atom stereocenters. The van der Waals surface area contributed by atoms with E-state index in [0.717, 1.165) is 0 Å². The summed E-state index contributed by atoms with van der Waals surface area (Å²) in [6.07, 6.45) is 1.37. The number of anilines is 1. The Balaban J connectivity index is 2.96. The number of urea groups is 1. The third kappa shape index (κ3) is 2.17. The average molecular weight is 183 g/mol. The minimum atomic E-state index is -0.640. The lowest BCUT2D eigenvalue weighted by molar-refractivity contribution is 0.258. The maximum atomic E-state index is 10.6. The lowest BCUT2D eigenvalue weighted by atomic mass is 10.1.